The van der Waals surface area contributed by atoms with Crippen molar-refractivity contribution in [1.82, 2.24) is 0 Å². The first-order chi connectivity index (χ1) is 9.06. The van der Waals surface area contributed by atoms with Gasteiger partial charge in [0.15, 0.2) is 0 Å². The summed E-state index contributed by atoms with van der Waals surface area (Å²) in [4.78, 5) is 11.8. The average Bonchev–Trinajstić information content (AvgIpc) is 2.86. The zero-order chi connectivity index (χ0) is 13.8. The van der Waals surface area contributed by atoms with Crippen molar-refractivity contribution in [2.75, 3.05) is 0 Å². The summed E-state index contributed by atoms with van der Waals surface area (Å²) in [6.07, 6.45) is 0. The molecule has 0 radical (unpaired) electrons. The van der Waals surface area contributed by atoms with E-state index in [1.807, 2.05) is 0 Å². The molecular formula is C15H16O3S. The van der Waals surface area contributed by atoms with Gasteiger partial charge < -0.3 is 9.52 Å². The molecule has 0 aliphatic carbocycles. The summed E-state index contributed by atoms with van der Waals surface area (Å²) in [6, 6.07) is 11.6. The van der Waals surface area contributed by atoms with Crippen molar-refractivity contribution in [2.45, 2.75) is 30.4 Å². The number of carbonyl (C=O) groups is 1. The molecule has 1 N–H and O–H groups in total. The predicted octanol–water partition coefficient (Wildman–Crippen LogP) is 4.39. The molecule has 0 atom stereocenters. The topological polar surface area (TPSA) is 50.4 Å². The third-order valence-electron chi connectivity index (χ3n) is 2.80. The molecule has 0 saturated carbocycles. The second-order valence-electron chi connectivity index (χ2n) is 4.58. The molecule has 1 heterocycles. The van der Waals surface area contributed by atoms with Crippen LogP contribution in [-0.2, 0) is 5.75 Å². The van der Waals surface area contributed by atoms with Gasteiger partial charge in [0.05, 0.1) is 5.75 Å². The van der Waals surface area contributed by atoms with Crippen molar-refractivity contribution in [3.05, 3.63) is 53.5 Å². The highest BCUT2D eigenvalue weighted by Crippen LogP contribution is 2.25. The number of furan rings is 1. The van der Waals surface area contributed by atoms with E-state index < -0.39 is 5.97 Å². The van der Waals surface area contributed by atoms with Crippen LogP contribution in [0.15, 0.2) is 45.7 Å². The van der Waals surface area contributed by atoms with Crippen LogP contribution in [0.25, 0.3) is 0 Å². The van der Waals surface area contributed by atoms with Crippen LogP contribution >= 0.6 is 11.8 Å². The normalized spacial score (nSPS) is 10.9. The summed E-state index contributed by atoms with van der Waals surface area (Å²) < 4.78 is 5.21. The van der Waals surface area contributed by atoms with Crippen molar-refractivity contribution in [2.24, 2.45) is 0 Å². The van der Waals surface area contributed by atoms with Crippen LogP contribution in [0.2, 0.25) is 0 Å². The van der Waals surface area contributed by atoms with E-state index in [9.17, 15) is 4.79 Å². The largest absolute Gasteiger partial charge is 0.475 e. The fourth-order valence-corrected chi connectivity index (χ4v) is 2.47. The minimum atomic E-state index is -1.03. The molecule has 0 aliphatic heterocycles. The number of hydrogen-bond donors (Lipinski definition) is 1. The highest BCUT2D eigenvalue weighted by atomic mass is 32.2. The molecule has 19 heavy (non-hydrogen) atoms. The van der Waals surface area contributed by atoms with Gasteiger partial charge in [-0.1, -0.05) is 26.0 Å². The molecule has 0 saturated heterocycles. The Bertz CT molecular complexity index is 555. The second kappa shape index (κ2) is 5.97. The van der Waals surface area contributed by atoms with Crippen LogP contribution < -0.4 is 0 Å². The van der Waals surface area contributed by atoms with E-state index in [4.69, 9.17) is 9.52 Å². The molecule has 0 fully saturated rings. The van der Waals surface area contributed by atoms with Gasteiger partial charge in [-0.05, 0) is 35.7 Å². The van der Waals surface area contributed by atoms with Crippen molar-refractivity contribution in [1.29, 1.82) is 0 Å². The summed E-state index contributed by atoms with van der Waals surface area (Å²) in [7, 11) is 0. The number of thioether (sulfide) groups is 1. The van der Waals surface area contributed by atoms with Gasteiger partial charge >= 0.3 is 5.97 Å². The van der Waals surface area contributed by atoms with E-state index in [1.54, 1.807) is 17.8 Å². The number of hydrogen-bond acceptors (Lipinski definition) is 3. The molecule has 0 unspecified atom stereocenters. The van der Waals surface area contributed by atoms with Gasteiger partial charge in [-0.3, -0.25) is 0 Å². The van der Waals surface area contributed by atoms with Crippen LogP contribution in [-0.4, -0.2) is 11.1 Å². The number of benzene rings is 1. The maximum Gasteiger partial charge on any atom is 0.371 e. The Hall–Kier alpha value is -1.68. The van der Waals surface area contributed by atoms with Gasteiger partial charge in [-0.2, -0.15) is 0 Å². The Labute approximate surface area is 116 Å². The molecule has 1 aromatic carbocycles. The van der Waals surface area contributed by atoms with E-state index >= 15 is 0 Å². The van der Waals surface area contributed by atoms with Gasteiger partial charge in [0.2, 0.25) is 5.76 Å². The molecule has 0 amide bonds. The third-order valence-corrected chi connectivity index (χ3v) is 3.83. The zero-order valence-corrected chi connectivity index (χ0v) is 11.7. The number of aromatic carboxylic acids is 1. The summed E-state index contributed by atoms with van der Waals surface area (Å²) >= 11 is 1.63. The molecule has 4 heteroatoms. The van der Waals surface area contributed by atoms with E-state index in [2.05, 4.69) is 38.1 Å². The molecule has 3 nitrogen and oxygen atoms in total. The molecule has 2 aromatic rings. The van der Waals surface area contributed by atoms with Crippen LogP contribution in [0.1, 0.15) is 41.6 Å². The molecule has 100 valence electrons. The van der Waals surface area contributed by atoms with Crippen molar-refractivity contribution in [3.63, 3.8) is 0 Å². The Balaban J connectivity index is 1.96. The molecular weight excluding hydrogens is 260 g/mol. The Kier molecular flexibility index (Phi) is 4.32. The maximum atomic E-state index is 10.7. The fourth-order valence-electron chi connectivity index (χ4n) is 1.67. The fraction of sp³-hybridized carbons (Fsp3) is 0.267. The average molecular weight is 276 g/mol. The highest BCUT2D eigenvalue weighted by molar-refractivity contribution is 7.98. The summed E-state index contributed by atoms with van der Waals surface area (Å²) in [5.41, 5.74) is 1.32. The zero-order valence-electron chi connectivity index (χ0n) is 10.9. The minimum absolute atomic E-state index is 0.00856. The van der Waals surface area contributed by atoms with Crippen molar-refractivity contribution >= 4 is 17.7 Å². The number of carboxylic acid groups (broad SMARTS) is 1. The van der Waals surface area contributed by atoms with Crippen LogP contribution in [0.5, 0.6) is 0 Å². The van der Waals surface area contributed by atoms with E-state index in [1.165, 1.54) is 11.6 Å². The second-order valence-corrected chi connectivity index (χ2v) is 5.63. The molecule has 2 rings (SSSR count). The number of carboxylic acids is 1. The van der Waals surface area contributed by atoms with Crippen molar-refractivity contribution < 1.29 is 14.3 Å². The molecule has 1 aromatic heterocycles. The lowest BCUT2D eigenvalue weighted by atomic mass is 10.0. The Morgan fingerprint density at radius 1 is 1.21 bits per heavy atom. The molecule has 0 spiro atoms. The SMILES string of the molecule is CC(C)c1ccc(SCc2ccc(C(=O)O)o2)cc1. The summed E-state index contributed by atoms with van der Waals surface area (Å²) in [5, 5.41) is 8.77. The van der Waals surface area contributed by atoms with Crippen molar-refractivity contribution in [3.8, 4) is 0 Å². The van der Waals surface area contributed by atoms with Crippen LogP contribution in [0.3, 0.4) is 0 Å². The van der Waals surface area contributed by atoms with Crippen LogP contribution in [0, 0.1) is 0 Å². The van der Waals surface area contributed by atoms with Gasteiger partial charge in [0.25, 0.3) is 0 Å². The number of rotatable bonds is 5. The standard InChI is InChI=1S/C15H16O3S/c1-10(2)11-3-6-13(7-4-11)19-9-12-5-8-14(18-12)15(16)17/h3-8,10H,9H2,1-2H3,(H,16,17). The Morgan fingerprint density at radius 2 is 1.89 bits per heavy atom. The quantitative estimate of drug-likeness (QED) is 0.823. The van der Waals surface area contributed by atoms with Gasteiger partial charge in [0, 0.05) is 4.90 Å². The lowest BCUT2D eigenvalue weighted by molar-refractivity contribution is 0.0661. The first kappa shape index (κ1) is 13.7. The van der Waals surface area contributed by atoms with Gasteiger partial charge in [-0.25, -0.2) is 4.79 Å². The first-order valence-electron chi connectivity index (χ1n) is 6.11. The molecule has 0 bridgehead atoms. The molecule has 0 aliphatic rings. The van der Waals surface area contributed by atoms with E-state index in [0.29, 0.717) is 17.4 Å². The van der Waals surface area contributed by atoms with Gasteiger partial charge in [-0.15, -0.1) is 11.8 Å². The summed E-state index contributed by atoms with van der Waals surface area (Å²) in [6.45, 7) is 4.33. The van der Waals surface area contributed by atoms with Crippen LogP contribution in [0.4, 0.5) is 0 Å². The van der Waals surface area contributed by atoms with Gasteiger partial charge in [0.1, 0.15) is 5.76 Å². The predicted molar refractivity (Wildman–Crippen MR) is 75.8 cm³/mol. The third kappa shape index (κ3) is 3.64. The summed E-state index contributed by atoms with van der Waals surface area (Å²) in [5.74, 6) is 0.801. The minimum Gasteiger partial charge on any atom is -0.475 e. The Morgan fingerprint density at radius 3 is 2.42 bits per heavy atom. The smallest absolute Gasteiger partial charge is 0.371 e. The monoisotopic (exact) mass is 276 g/mol. The lowest BCUT2D eigenvalue weighted by Gasteiger charge is -2.06. The highest BCUT2D eigenvalue weighted by Gasteiger charge is 2.09. The lowest BCUT2D eigenvalue weighted by Crippen LogP contribution is -1.91. The van der Waals surface area contributed by atoms with E-state index in [0.717, 1.165) is 4.90 Å². The maximum absolute atomic E-state index is 10.7. The van der Waals surface area contributed by atoms with E-state index in [-0.39, 0.29) is 5.76 Å². The first-order valence-corrected chi connectivity index (χ1v) is 7.09.